The van der Waals surface area contributed by atoms with Gasteiger partial charge < -0.3 is 9.47 Å². The minimum absolute atomic E-state index is 0.0319. The van der Waals surface area contributed by atoms with Crippen LogP contribution in [0, 0.1) is 5.82 Å². The van der Waals surface area contributed by atoms with Gasteiger partial charge in [-0.25, -0.2) is 4.39 Å². The molecule has 0 radical (unpaired) electrons. The van der Waals surface area contributed by atoms with Crippen molar-refractivity contribution < 1.29 is 23.0 Å². The quantitative estimate of drug-likeness (QED) is 0.625. The Morgan fingerprint density at radius 2 is 2.15 bits per heavy atom. The van der Waals surface area contributed by atoms with Gasteiger partial charge in [-0.15, -0.1) is 0 Å². The van der Waals surface area contributed by atoms with Crippen LogP contribution in [-0.4, -0.2) is 12.8 Å². The van der Waals surface area contributed by atoms with Gasteiger partial charge in [-0.3, -0.25) is 4.79 Å². The van der Waals surface area contributed by atoms with Crippen molar-refractivity contribution in [3.05, 3.63) is 23.5 Å². The summed E-state index contributed by atoms with van der Waals surface area (Å²) in [5.41, 5.74) is -0.184. The summed E-state index contributed by atoms with van der Waals surface area (Å²) in [6, 6.07) is 2.48. The van der Waals surface area contributed by atoms with Gasteiger partial charge in [-0.2, -0.15) is 4.39 Å². The van der Waals surface area contributed by atoms with Crippen molar-refractivity contribution in [2.75, 3.05) is 0 Å². The van der Waals surface area contributed by atoms with Gasteiger partial charge in [-0.05, 0) is 12.1 Å². The molecule has 0 saturated heterocycles. The van der Waals surface area contributed by atoms with Crippen LogP contribution in [-0.2, 0) is 0 Å². The minimum Gasteiger partial charge on any atom is -0.425 e. The lowest BCUT2D eigenvalue weighted by atomic mass is 10.2. The Morgan fingerprint density at radius 1 is 1.38 bits per heavy atom. The van der Waals surface area contributed by atoms with Gasteiger partial charge in [0, 0.05) is 0 Å². The van der Waals surface area contributed by atoms with E-state index in [0.29, 0.717) is 6.29 Å². The second-order valence-electron chi connectivity index (χ2n) is 2.42. The topological polar surface area (TPSA) is 35.5 Å². The zero-order valence-electron chi connectivity index (χ0n) is 6.29. The molecule has 1 unspecified atom stereocenters. The first-order chi connectivity index (χ1) is 6.22. The van der Waals surface area contributed by atoms with E-state index >= 15 is 0 Å². The Hall–Kier alpha value is -1.65. The van der Waals surface area contributed by atoms with E-state index in [1.54, 1.807) is 0 Å². The van der Waals surface area contributed by atoms with Gasteiger partial charge in [0.15, 0.2) is 17.9 Å². The van der Waals surface area contributed by atoms with E-state index in [-0.39, 0.29) is 17.1 Å². The Balaban J connectivity index is 2.54. The van der Waals surface area contributed by atoms with E-state index in [9.17, 15) is 13.6 Å². The van der Waals surface area contributed by atoms with Crippen LogP contribution in [0.1, 0.15) is 10.4 Å². The summed E-state index contributed by atoms with van der Waals surface area (Å²) in [5.74, 6) is -1.28. The van der Waals surface area contributed by atoms with E-state index in [2.05, 4.69) is 9.47 Å². The first-order valence-electron chi connectivity index (χ1n) is 3.47. The predicted octanol–water partition coefficient (Wildman–Crippen LogP) is 1.66. The highest BCUT2D eigenvalue weighted by molar-refractivity contribution is 5.77. The Labute approximate surface area is 71.9 Å². The summed E-state index contributed by atoms with van der Waals surface area (Å²) in [6.45, 7) is -1.99. The maximum absolute atomic E-state index is 13.1. The molecule has 1 aliphatic heterocycles. The molecular formula is C8H4F2O3. The van der Waals surface area contributed by atoms with Crippen LogP contribution in [0.2, 0.25) is 0 Å². The maximum Gasteiger partial charge on any atom is 0.397 e. The van der Waals surface area contributed by atoms with Crippen LogP contribution in [0.3, 0.4) is 0 Å². The van der Waals surface area contributed by atoms with Crippen LogP contribution in [0.25, 0.3) is 0 Å². The summed E-state index contributed by atoms with van der Waals surface area (Å²) >= 11 is 0. The smallest absolute Gasteiger partial charge is 0.397 e. The molecule has 3 nitrogen and oxygen atoms in total. The molecule has 0 amide bonds. The summed E-state index contributed by atoms with van der Waals surface area (Å²) in [7, 11) is 0. The lowest BCUT2D eigenvalue weighted by Crippen LogP contribution is -2.09. The third-order valence-electron chi connectivity index (χ3n) is 1.65. The number of aldehydes is 1. The molecular weight excluding hydrogens is 182 g/mol. The molecule has 0 fully saturated rings. The van der Waals surface area contributed by atoms with Gasteiger partial charge in [0.25, 0.3) is 0 Å². The molecule has 0 N–H and O–H groups in total. The first-order valence-corrected chi connectivity index (χ1v) is 3.47. The lowest BCUT2D eigenvalue weighted by Gasteiger charge is -1.98. The standard InChI is InChI=1S/C8H4F2O3/c9-6-4(3-11)1-2-5-7(6)13-8(10)12-5/h1-3,8H. The van der Waals surface area contributed by atoms with Crippen molar-refractivity contribution in [1.82, 2.24) is 0 Å². The average molecular weight is 186 g/mol. The molecule has 1 heterocycles. The number of benzene rings is 1. The Morgan fingerprint density at radius 3 is 2.85 bits per heavy atom. The van der Waals surface area contributed by atoms with Crippen molar-refractivity contribution in [2.45, 2.75) is 6.54 Å². The molecule has 1 aromatic rings. The normalized spacial score (nSPS) is 18.8. The summed E-state index contributed by atoms with van der Waals surface area (Å²) in [6.07, 6.45) is 0.324. The zero-order chi connectivity index (χ0) is 9.42. The van der Waals surface area contributed by atoms with Crippen molar-refractivity contribution in [1.29, 1.82) is 0 Å². The molecule has 1 aromatic carbocycles. The van der Waals surface area contributed by atoms with Crippen molar-refractivity contribution in [3.63, 3.8) is 0 Å². The van der Waals surface area contributed by atoms with Crippen LogP contribution in [0.4, 0.5) is 8.78 Å². The number of rotatable bonds is 1. The monoisotopic (exact) mass is 186 g/mol. The zero-order valence-corrected chi connectivity index (χ0v) is 6.29. The largest absolute Gasteiger partial charge is 0.425 e. The molecule has 1 aliphatic rings. The minimum atomic E-state index is -1.99. The summed E-state index contributed by atoms with van der Waals surface area (Å²) in [5, 5.41) is 0. The second-order valence-corrected chi connectivity index (χ2v) is 2.42. The van der Waals surface area contributed by atoms with Crippen molar-refractivity contribution in [2.24, 2.45) is 0 Å². The lowest BCUT2D eigenvalue weighted by molar-refractivity contribution is -0.0663. The number of hydrogen-bond donors (Lipinski definition) is 0. The molecule has 0 bridgehead atoms. The molecule has 0 spiro atoms. The number of ether oxygens (including phenoxy) is 2. The number of hydrogen-bond acceptors (Lipinski definition) is 3. The molecule has 13 heavy (non-hydrogen) atoms. The second kappa shape index (κ2) is 2.69. The van der Waals surface area contributed by atoms with Gasteiger partial charge >= 0.3 is 6.54 Å². The van der Waals surface area contributed by atoms with E-state index < -0.39 is 12.4 Å². The van der Waals surface area contributed by atoms with E-state index in [0.717, 1.165) is 0 Å². The molecule has 68 valence electrons. The predicted molar refractivity (Wildman–Crippen MR) is 37.9 cm³/mol. The van der Waals surface area contributed by atoms with Crippen molar-refractivity contribution in [3.8, 4) is 11.5 Å². The third-order valence-corrected chi connectivity index (χ3v) is 1.65. The third kappa shape index (κ3) is 1.12. The van der Waals surface area contributed by atoms with Gasteiger partial charge in [0.1, 0.15) is 0 Å². The van der Waals surface area contributed by atoms with Gasteiger partial charge in [0.05, 0.1) is 5.56 Å². The molecule has 2 rings (SSSR count). The molecule has 1 atom stereocenters. The van der Waals surface area contributed by atoms with Gasteiger partial charge in [-0.1, -0.05) is 0 Å². The van der Waals surface area contributed by atoms with Crippen LogP contribution in [0.5, 0.6) is 11.5 Å². The molecule has 5 heteroatoms. The number of carbonyl (C=O) groups is 1. The highest BCUT2D eigenvalue weighted by Gasteiger charge is 2.28. The Bertz CT molecular complexity index is 365. The maximum atomic E-state index is 13.1. The van der Waals surface area contributed by atoms with E-state index in [1.807, 2.05) is 0 Å². The van der Waals surface area contributed by atoms with Gasteiger partial charge in [0.2, 0.25) is 5.75 Å². The molecule has 0 saturated carbocycles. The van der Waals surface area contributed by atoms with Crippen LogP contribution in [0.15, 0.2) is 12.1 Å². The fraction of sp³-hybridized carbons (Fsp3) is 0.125. The first kappa shape index (κ1) is 7.97. The fourth-order valence-electron chi connectivity index (χ4n) is 1.06. The molecule has 0 aromatic heterocycles. The molecule has 0 aliphatic carbocycles. The van der Waals surface area contributed by atoms with Crippen molar-refractivity contribution >= 4 is 6.29 Å². The highest BCUT2D eigenvalue weighted by Crippen LogP contribution is 2.38. The number of alkyl halides is 1. The SMILES string of the molecule is O=Cc1ccc2c(c1F)OC(F)O2. The Kier molecular flexibility index (Phi) is 1.65. The summed E-state index contributed by atoms with van der Waals surface area (Å²) < 4.78 is 34.4. The summed E-state index contributed by atoms with van der Waals surface area (Å²) in [4.78, 5) is 10.3. The van der Waals surface area contributed by atoms with Crippen LogP contribution >= 0.6 is 0 Å². The van der Waals surface area contributed by atoms with Crippen LogP contribution < -0.4 is 9.47 Å². The van der Waals surface area contributed by atoms with E-state index in [1.165, 1.54) is 12.1 Å². The fourth-order valence-corrected chi connectivity index (χ4v) is 1.06. The number of carbonyl (C=O) groups excluding carboxylic acids is 1. The average Bonchev–Trinajstić information content (AvgIpc) is 2.47. The number of halogens is 2. The highest BCUT2D eigenvalue weighted by atomic mass is 19.2. The number of fused-ring (bicyclic) bond motifs is 1. The van der Waals surface area contributed by atoms with E-state index in [4.69, 9.17) is 0 Å².